The van der Waals surface area contributed by atoms with E-state index in [1.807, 2.05) is 47.3 Å². The topological polar surface area (TPSA) is 69.9 Å². The maximum atomic E-state index is 14.0. The first kappa shape index (κ1) is 26.0. The van der Waals surface area contributed by atoms with Gasteiger partial charge in [-0.15, -0.1) is 5.10 Å². The molecule has 1 fully saturated rings. The van der Waals surface area contributed by atoms with E-state index in [1.165, 1.54) is 6.07 Å². The maximum absolute atomic E-state index is 14.0. The molecule has 5 rings (SSSR count). The molecule has 1 amide bonds. The molecular weight excluding hydrogens is 605 g/mol. The molecule has 8 nitrogen and oxygen atoms in total. The third-order valence-corrected chi connectivity index (χ3v) is 8.25. The van der Waals surface area contributed by atoms with Gasteiger partial charge in [-0.25, -0.2) is 9.07 Å². The summed E-state index contributed by atoms with van der Waals surface area (Å²) < 4.78 is 16.8. The molecule has 2 aliphatic heterocycles. The number of carbonyl (C=O) groups excluding carboxylic acids is 1. The van der Waals surface area contributed by atoms with Gasteiger partial charge in [0.25, 0.3) is 0 Å². The van der Waals surface area contributed by atoms with E-state index in [2.05, 4.69) is 66.0 Å². The second-order valence-electron chi connectivity index (χ2n) is 9.89. The number of carbonyl (C=O) groups is 1. The van der Waals surface area contributed by atoms with Gasteiger partial charge in [0.1, 0.15) is 22.2 Å². The summed E-state index contributed by atoms with van der Waals surface area (Å²) in [6.45, 7) is 8.88. The highest BCUT2D eigenvalue weighted by molar-refractivity contribution is 9.18. The summed E-state index contributed by atoms with van der Waals surface area (Å²) in [6, 6.07) is 12.6. The lowest BCUT2D eigenvalue weighted by Crippen LogP contribution is -2.57. The fourth-order valence-electron chi connectivity index (χ4n) is 4.76. The molecule has 0 aliphatic carbocycles. The molecule has 0 bridgehead atoms. The van der Waals surface area contributed by atoms with Crippen molar-refractivity contribution in [2.24, 2.45) is 5.10 Å². The summed E-state index contributed by atoms with van der Waals surface area (Å²) in [7, 11) is 0. The van der Waals surface area contributed by atoms with Crippen LogP contribution in [0.4, 0.5) is 10.1 Å². The predicted molar refractivity (Wildman–Crippen MR) is 149 cm³/mol. The van der Waals surface area contributed by atoms with Crippen molar-refractivity contribution in [1.29, 1.82) is 0 Å². The van der Waals surface area contributed by atoms with Gasteiger partial charge in [0.05, 0.1) is 27.6 Å². The number of amides is 1. The predicted octanol–water partition coefficient (Wildman–Crippen LogP) is 4.84. The minimum Gasteiger partial charge on any atom is -0.338 e. The van der Waals surface area contributed by atoms with Gasteiger partial charge in [0.2, 0.25) is 5.91 Å². The highest BCUT2D eigenvalue weighted by atomic mass is 79.9. The molecule has 2 aromatic carbocycles. The number of benzene rings is 2. The Morgan fingerprint density at radius 3 is 2.38 bits per heavy atom. The molecule has 0 N–H and O–H groups in total. The van der Waals surface area contributed by atoms with Crippen molar-refractivity contribution in [2.45, 2.75) is 38.8 Å². The number of halogens is 3. The number of hydrogen-bond donors (Lipinski definition) is 0. The van der Waals surface area contributed by atoms with Gasteiger partial charge in [0, 0.05) is 38.7 Å². The zero-order chi connectivity index (χ0) is 26.3. The highest BCUT2D eigenvalue weighted by Gasteiger charge is 2.39. The van der Waals surface area contributed by atoms with E-state index in [9.17, 15) is 9.18 Å². The van der Waals surface area contributed by atoms with Crippen LogP contribution in [0.15, 0.2) is 58.2 Å². The molecule has 0 spiro atoms. The van der Waals surface area contributed by atoms with E-state index >= 15 is 0 Å². The number of anilines is 1. The Hall–Kier alpha value is -2.63. The van der Waals surface area contributed by atoms with E-state index in [0.29, 0.717) is 42.8 Å². The molecule has 194 valence electrons. The van der Waals surface area contributed by atoms with Crippen molar-refractivity contribution in [1.82, 2.24) is 24.8 Å². The van der Waals surface area contributed by atoms with Crippen molar-refractivity contribution in [3.63, 3.8) is 0 Å². The van der Waals surface area contributed by atoms with Gasteiger partial charge in [-0.2, -0.15) is 5.10 Å². The second-order valence-corrected chi connectivity index (χ2v) is 11.7. The van der Waals surface area contributed by atoms with Crippen LogP contribution in [0.1, 0.15) is 31.5 Å². The van der Waals surface area contributed by atoms with E-state index in [-0.39, 0.29) is 17.8 Å². The van der Waals surface area contributed by atoms with Gasteiger partial charge in [-0.05, 0) is 76.9 Å². The Morgan fingerprint density at radius 2 is 1.70 bits per heavy atom. The average molecular weight is 633 g/mol. The van der Waals surface area contributed by atoms with Crippen LogP contribution >= 0.6 is 31.9 Å². The van der Waals surface area contributed by atoms with E-state index in [1.54, 1.807) is 16.8 Å². The van der Waals surface area contributed by atoms with Crippen molar-refractivity contribution in [3.05, 3.63) is 70.2 Å². The fourth-order valence-corrected chi connectivity index (χ4v) is 5.48. The molecule has 2 aliphatic rings. The van der Waals surface area contributed by atoms with Crippen LogP contribution < -0.4 is 5.01 Å². The maximum Gasteiger partial charge on any atom is 0.247 e. The summed E-state index contributed by atoms with van der Waals surface area (Å²) >= 11 is 6.68. The number of aryl methyl sites for hydroxylation is 1. The number of nitrogens with zero attached hydrogens (tertiary/aromatic N) is 7. The van der Waals surface area contributed by atoms with E-state index in [4.69, 9.17) is 0 Å². The van der Waals surface area contributed by atoms with Crippen molar-refractivity contribution < 1.29 is 9.18 Å². The highest BCUT2D eigenvalue weighted by Crippen LogP contribution is 2.31. The van der Waals surface area contributed by atoms with Gasteiger partial charge in [-0.3, -0.25) is 14.7 Å². The zero-order valence-corrected chi connectivity index (χ0v) is 24.1. The summed E-state index contributed by atoms with van der Waals surface area (Å²) in [5.41, 5.74) is 3.06. The molecule has 3 aromatic rings. The number of aromatic nitrogens is 3. The Bertz CT molecular complexity index is 1330. The molecule has 1 unspecified atom stereocenters. The van der Waals surface area contributed by atoms with Crippen LogP contribution in [-0.2, 0) is 10.3 Å². The molecular formula is C26H28Br2FN7O. The minimum absolute atomic E-state index is 0.0828. The van der Waals surface area contributed by atoms with Crippen LogP contribution in [-0.4, -0.2) is 67.5 Å². The first-order valence-electron chi connectivity index (χ1n) is 12.1. The summed E-state index contributed by atoms with van der Waals surface area (Å²) in [5.74, 6) is -0.269. The van der Waals surface area contributed by atoms with Crippen LogP contribution in [0.2, 0.25) is 0 Å². The molecule has 1 atom stereocenters. The molecule has 3 heterocycles. The summed E-state index contributed by atoms with van der Waals surface area (Å²) in [6.07, 6.45) is 2.39. The lowest BCUT2D eigenvalue weighted by molar-refractivity contribution is -0.135. The molecule has 37 heavy (non-hydrogen) atoms. The van der Waals surface area contributed by atoms with Crippen molar-refractivity contribution >= 4 is 48.1 Å². The standard InChI is InChI=1S/C26H28Br2FN7O/c1-17-4-6-18(7-5-17)36-22(15-24(28)31-36)25(37)33-10-12-34(13-11-33)26(2,3)23-16-35(32-30-23)19-8-9-20(27)21(29)14-19/h4-9,14,16,22H,10-13,15H2,1-3H3. The monoisotopic (exact) mass is 631 g/mol. The smallest absolute Gasteiger partial charge is 0.247 e. The normalized spacial score (nSPS) is 18.9. The fraction of sp³-hybridized carbons (Fsp3) is 0.385. The van der Waals surface area contributed by atoms with Crippen LogP contribution in [0.25, 0.3) is 5.69 Å². The molecule has 0 saturated carbocycles. The number of hydrogen-bond acceptors (Lipinski definition) is 6. The Morgan fingerprint density at radius 1 is 1.03 bits per heavy atom. The second kappa shape index (κ2) is 10.3. The Labute approximate surface area is 232 Å². The summed E-state index contributed by atoms with van der Waals surface area (Å²) in [5, 5.41) is 15.0. The van der Waals surface area contributed by atoms with E-state index in [0.717, 1.165) is 21.6 Å². The average Bonchev–Trinajstić information content (AvgIpc) is 3.54. The lowest BCUT2D eigenvalue weighted by atomic mass is 9.97. The van der Waals surface area contributed by atoms with Crippen LogP contribution in [0.5, 0.6) is 0 Å². The zero-order valence-electron chi connectivity index (χ0n) is 20.9. The number of hydrazone groups is 1. The van der Waals surface area contributed by atoms with Crippen LogP contribution in [0.3, 0.4) is 0 Å². The molecule has 1 saturated heterocycles. The van der Waals surface area contributed by atoms with Crippen molar-refractivity contribution in [3.8, 4) is 5.69 Å². The van der Waals surface area contributed by atoms with Crippen LogP contribution in [0, 0.1) is 12.7 Å². The SMILES string of the molecule is Cc1ccc(N2N=C(Br)CC2C(=O)N2CCN(C(C)(C)c3cn(-c4ccc(Br)c(F)c4)nn3)CC2)cc1. The molecule has 11 heteroatoms. The molecule has 0 radical (unpaired) electrons. The van der Waals surface area contributed by atoms with Gasteiger partial charge in [-0.1, -0.05) is 22.9 Å². The molecule has 1 aromatic heterocycles. The Balaban J connectivity index is 1.25. The van der Waals surface area contributed by atoms with Gasteiger partial charge < -0.3 is 4.90 Å². The van der Waals surface area contributed by atoms with Gasteiger partial charge in [0.15, 0.2) is 0 Å². The van der Waals surface area contributed by atoms with E-state index < -0.39 is 5.54 Å². The third kappa shape index (κ3) is 5.21. The summed E-state index contributed by atoms with van der Waals surface area (Å²) in [4.78, 5) is 17.8. The number of piperazine rings is 1. The third-order valence-electron chi connectivity index (χ3n) is 7.13. The van der Waals surface area contributed by atoms with Gasteiger partial charge >= 0.3 is 0 Å². The lowest BCUT2D eigenvalue weighted by Gasteiger charge is -2.43. The largest absolute Gasteiger partial charge is 0.338 e. The number of rotatable bonds is 5. The minimum atomic E-state index is -0.408. The Kier molecular flexibility index (Phi) is 7.21. The quantitative estimate of drug-likeness (QED) is 0.403. The first-order valence-corrected chi connectivity index (χ1v) is 13.7. The van der Waals surface area contributed by atoms with Crippen molar-refractivity contribution in [2.75, 3.05) is 31.2 Å². The first-order chi connectivity index (χ1) is 17.6.